The Labute approximate surface area is 225 Å². The fourth-order valence-corrected chi connectivity index (χ4v) is 5.45. The number of aromatic nitrogens is 3. The van der Waals surface area contributed by atoms with Crippen molar-refractivity contribution in [1.29, 1.82) is 0 Å². The molecule has 0 bridgehead atoms. The minimum absolute atomic E-state index is 0.197. The number of methoxy groups -OCH3 is 1. The molecule has 0 aliphatic carbocycles. The molecule has 0 radical (unpaired) electrons. The van der Waals surface area contributed by atoms with E-state index in [1.165, 1.54) is 11.7 Å². The van der Waals surface area contributed by atoms with Gasteiger partial charge in [-0.15, -0.1) is 0 Å². The SMILES string of the molecule is COC(=O)c1cccc2c1c(C(=O)c1ccc(Cn3c(C)nc4ccccc43)cc1)cn2C(=O)N1CCCC1. The van der Waals surface area contributed by atoms with Crippen molar-refractivity contribution in [2.24, 2.45) is 0 Å². The van der Waals surface area contributed by atoms with Gasteiger partial charge >= 0.3 is 12.0 Å². The molecule has 5 aromatic rings. The molecule has 0 N–H and O–H groups in total. The number of hydrogen-bond donors (Lipinski definition) is 0. The number of carbonyl (C=O) groups is 3. The number of nitrogens with zero attached hydrogens (tertiary/aromatic N) is 4. The van der Waals surface area contributed by atoms with E-state index < -0.39 is 5.97 Å². The first-order valence-electron chi connectivity index (χ1n) is 13.0. The van der Waals surface area contributed by atoms with E-state index in [4.69, 9.17) is 4.74 Å². The van der Waals surface area contributed by atoms with E-state index in [1.807, 2.05) is 43.3 Å². The van der Waals surface area contributed by atoms with Gasteiger partial charge < -0.3 is 14.2 Å². The Kier molecular flexibility index (Phi) is 6.23. The van der Waals surface area contributed by atoms with Gasteiger partial charge in [-0.1, -0.05) is 42.5 Å². The molecule has 1 saturated heterocycles. The minimum atomic E-state index is -0.556. The van der Waals surface area contributed by atoms with Crippen LogP contribution in [0.4, 0.5) is 4.79 Å². The number of aryl methyl sites for hydroxylation is 1. The van der Waals surface area contributed by atoms with Gasteiger partial charge in [-0.05, 0) is 49.6 Å². The van der Waals surface area contributed by atoms with Gasteiger partial charge in [-0.2, -0.15) is 0 Å². The number of rotatable bonds is 5. The molecule has 0 saturated carbocycles. The van der Waals surface area contributed by atoms with Crippen LogP contribution in [0.1, 0.15) is 50.5 Å². The summed E-state index contributed by atoms with van der Waals surface area (Å²) in [4.78, 5) is 46.2. The zero-order valence-electron chi connectivity index (χ0n) is 21.9. The van der Waals surface area contributed by atoms with E-state index in [9.17, 15) is 14.4 Å². The summed E-state index contributed by atoms with van der Waals surface area (Å²) in [6.07, 6.45) is 3.46. The van der Waals surface area contributed by atoms with E-state index >= 15 is 0 Å². The number of amides is 1. The molecular weight excluding hydrogens is 492 g/mol. The van der Waals surface area contributed by atoms with Crippen molar-refractivity contribution in [1.82, 2.24) is 19.0 Å². The molecule has 3 heterocycles. The van der Waals surface area contributed by atoms with Crippen molar-refractivity contribution in [3.8, 4) is 0 Å². The molecular formula is C31H28N4O4. The predicted molar refractivity (Wildman–Crippen MR) is 148 cm³/mol. The Hall–Kier alpha value is -4.72. The third kappa shape index (κ3) is 4.27. The Bertz CT molecular complexity index is 1740. The van der Waals surface area contributed by atoms with Crippen LogP contribution in [0.5, 0.6) is 0 Å². The van der Waals surface area contributed by atoms with Crippen LogP contribution < -0.4 is 0 Å². The van der Waals surface area contributed by atoms with Crippen molar-refractivity contribution < 1.29 is 19.1 Å². The average Bonchev–Trinajstić information content (AvgIpc) is 3.71. The molecule has 0 unspecified atom stereocenters. The molecule has 3 aromatic carbocycles. The van der Waals surface area contributed by atoms with Crippen LogP contribution in [-0.4, -0.2) is 57.0 Å². The van der Waals surface area contributed by atoms with Gasteiger partial charge in [0.15, 0.2) is 5.78 Å². The molecule has 39 heavy (non-hydrogen) atoms. The van der Waals surface area contributed by atoms with Crippen molar-refractivity contribution >= 4 is 39.7 Å². The molecule has 1 amide bonds. The highest BCUT2D eigenvalue weighted by Gasteiger charge is 2.27. The number of esters is 1. The number of imidazole rings is 1. The Balaban J connectivity index is 1.37. The lowest BCUT2D eigenvalue weighted by molar-refractivity contribution is 0.0603. The quantitative estimate of drug-likeness (QED) is 0.228. The first kappa shape index (κ1) is 24.6. The summed E-state index contributed by atoms with van der Waals surface area (Å²) in [6.45, 7) is 3.95. The van der Waals surface area contributed by atoms with E-state index in [2.05, 4.69) is 9.55 Å². The molecule has 8 heteroatoms. The first-order valence-corrected chi connectivity index (χ1v) is 13.0. The van der Waals surface area contributed by atoms with Crippen LogP contribution in [0.15, 0.2) is 72.9 Å². The molecule has 0 spiro atoms. The minimum Gasteiger partial charge on any atom is -0.465 e. The summed E-state index contributed by atoms with van der Waals surface area (Å²) < 4.78 is 8.63. The third-order valence-corrected chi connectivity index (χ3v) is 7.46. The Morgan fingerprint density at radius 3 is 2.33 bits per heavy atom. The second-order valence-corrected chi connectivity index (χ2v) is 9.84. The van der Waals surface area contributed by atoms with E-state index in [0.29, 0.717) is 41.7 Å². The number of ether oxygens (including phenoxy) is 1. The number of para-hydroxylation sites is 2. The lowest BCUT2D eigenvalue weighted by Gasteiger charge is -2.16. The van der Waals surface area contributed by atoms with E-state index in [1.54, 1.807) is 41.4 Å². The number of carbonyl (C=O) groups excluding carboxylic acids is 3. The van der Waals surface area contributed by atoms with Crippen LogP contribution in [0.2, 0.25) is 0 Å². The summed E-state index contributed by atoms with van der Waals surface area (Å²) in [5.74, 6) is 0.0987. The van der Waals surface area contributed by atoms with Crippen LogP contribution in [0, 0.1) is 6.92 Å². The van der Waals surface area contributed by atoms with Crippen molar-refractivity contribution in [3.05, 3.63) is 101 Å². The number of benzene rings is 3. The standard InChI is InChI=1S/C31H28N4O4/c1-20-32-25-9-3-4-10-26(25)34(20)18-21-12-14-22(15-13-21)29(36)24-19-35(31(38)33-16-5-6-17-33)27-11-7-8-23(28(24)27)30(37)39-2/h3-4,7-15,19H,5-6,16-18H2,1-2H3. The van der Waals surface area contributed by atoms with E-state index in [0.717, 1.165) is 35.3 Å². The molecule has 1 aliphatic heterocycles. The molecule has 8 nitrogen and oxygen atoms in total. The van der Waals surface area contributed by atoms with Crippen LogP contribution in [-0.2, 0) is 11.3 Å². The maximum atomic E-state index is 13.8. The highest BCUT2D eigenvalue weighted by Crippen LogP contribution is 2.29. The van der Waals surface area contributed by atoms with Gasteiger partial charge in [-0.3, -0.25) is 9.36 Å². The molecule has 0 atom stereocenters. The zero-order chi connectivity index (χ0) is 27.1. The third-order valence-electron chi connectivity index (χ3n) is 7.46. The smallest absolute Gasteiger partial charge is 0.338 e. The van der Waals surface area contributed by atoms with Crippen molar-refractivity contribution in [2.75, 3.05) is 20.2 Å². The van der Waals surface area contributed by atoms with Crippen LogP contribution in [0.3, 0.4) is 0 Å². The normalized spacial score (nSPS) is 13.3. The summed E-state index contributed by atoms with van der Waals surface area (Å²) in [5.41, 5.74) is 4.56. The number of likely N-dealkylation sites (tertiary alicyclic amines) is 1. The predicted octanol–water partition coefficient (Wildman–Crippen LogP) is 5.43. The number of ketones is 1. The summed E-state index contributed by atoms with van der Waals surface area (Å²) >= 11 is 0. The number of fused-ring (bicyclic) bond motifs is 2. The Morgan fingerprint density at radius 2 is 1.59 bits per heavy atom. The average molecular weight is 521 g/mol. The van der Waals surface area contributed by atoms with E-state index in [-0.39, 0.29) is 17.4 Å². The fraction of sp³-hybridized carbons (Fsp3) is 0.226. The van der Waals surface area contributed by atoms with Crippen LogP contribution in [0.25, 0.3) is 21.9 Å². The molecule has 196 valence electrons. The highest BCUT2D eigenvalue weighted by atomic mass is 16.5. The lowest BCUT2D eigenvalue weighted by Crippen LogP contribution is -2.31. The molecule has 6 rings (SSSR count). The zero-order valence-corrected chi connectivity index (χ0v) is 21.9. The summed E-state index contributed by atoms with van der Waals surface area (Å²) in [5, 5.41) is 0.423. The van der Waals surface area contributed by atoms with Gasteiger partial charge in [0.1, 0.15) is 5.82 Å². The lowest BCUT2D eigenvalue weighted by atomic mass is 9.98. The maximum absolute atomic E-state index is 13.8. The molecule has 1 aliphatic rings. The van der Waals surface area contributed by atoms with Crippen molar-refractivity contribution in [3.63, 3.8) is 0 Å². The maximum Gasteiger partial charge on any atom is 0.338 e. The monoisotopic (exact) mass is 520 g/mol. The fourth-order valence-electron chi connectivity index (χ4n) is 5.45. The van der Waals surface area contributed by atoms with Gasteiger partial charge in [0.2, 0.25) is 0 Å². The largest absolute Gasteiger partial charge is 0.465 e. The van der Waals surface area contributed by atoms with Crippen molar-refractivity contribution in [2.45, 2.75) is 26.3 Å². The van der Waals surface area contributed by atoms with Crippen LogP contribution >= 0.6 is 0 Å². The first-order chi connectivity index (χ1) is 19.0. The second-order valence-electron chi connectivity index (χ2n) is 9.84. The highest BCUT2D eigenvalue weighted by molar-refractivity contribution is 6.21. The molecule has 1 fully saturated rings. The summed E-state index contributed by atoms with van der Waals surface area (Å²) in [7, 11) is 1.30. The second kappa shape index (κ2) is 9.87. The van der Waals surface area contributed by atoms with Gasteiger partial charge in [0.05, 0.1) is 29.2 Å². The summed E-state index contributed by atoms with van der Waals surface area (Å²) in [6, 6.07) is 20.3. The topological polar surface area (TPSA) is 86.4 Å². The Morgan fingerprint density at radius 1 is 0.872 bits per heavy atom. The van der Waals surface area contributed by atoms with Gasteiger partial charge in [-0.25, -0.2) is 14.6 Å². The van der Waals surface area contributed by atoms with Gasteiger partial charge in [0, 0.05) is 42.3 Å². The molecule has 2 aromatic heterocycles. The van der Waals surface area contributed by atoms with Gasteiger partial charge in [0.25, 0.3) is 0 Å². The number of hydrogen-bond acceptors (Lipinski definition) is 5.